The Kier molecular flexibility index (Phi) is 7.47. The number of pyridine rings is 1. The van der Waals surface area contributed by atoms with Gasteiger partial charge in [0.05, 0.1) is 23.1 Å². The van der Waals surface area contributed by atoms with Crippen molar-refractivity contribution >= 4 is 33.6 Å². The number of carbonyl (C=O) groups excluding carboxylic acids is 2. The number of nitrogens with zero attached hydrogens (tertiary/aromatic N) is 3. The third-order valence-corrected chi connectivity index (χ3v) is 8.81. The first-order chi connectivity index (χ1) is 20.5. The molecule has 4 aromatic rings. The van der Waals surface area contributed by atoms with E-state index in [1.54, 1.807) is 29.3 Å². The second-order valence-corrected chi connectivity index (χ2v) is 11.5. The molecule has 0 unspecified atom stereocenters. The van der Waals surface area contributed by atoms with Crippen LogP contribution in [0.25, 0.3) is 21.8 Å². The summed E-state index contributed by atoms with van der Waals surface area (Å²) in [4.78, 5) is 44.8. The topological polar surface area (TPSA) is 102 Å². The lowest BCUT2D eigenvalue weighted by molar-refractivity contribution is -0.165. The Balaban J connectivity index is 1.21. The van der Waals surface area contributed by atoms with Crippen LogP contribution < -0.4 is 5.56 Å². The lowest BCUT2D eigenvalue weighted by Gasteiger charge is -2.33. The Labute approximate surface area is 244 Å². The van der Waals surface area contributed by atoms with Crippen molar-refractivity contribution in [2.24, 2.45) is 5.92 Å². The molecule has 1 fully saturated rings. The zero-order chi connectivity index (χ0) is 30.5. The summed E-state index contributed by atoms with van der Waals surface area (Å²) < 4.78 is 54.8. The largest absolute Gasteiger partial charge is 0.406 e. The van der Waals surface area contributed by atoms with Gasteiger partial charge >= 0.3 is 6.18 Å². The Morgan fingerprint density at radius 3 is 2.60 bits per heavy atom. The summed E-state index contributed by atoms with van der Waals surface area (Å²) in [6.07, 6.45) is -1.41. The molecule has 1 atom stereocenters. The first-order valence-electron chi connectivity index (χ1n) is 14.4. The van der Waals surface area contributed by atoms with E-state index in [1.165, 1.54) is 6.07 Å². The van der Waals surface area contributed by atoms with E-state index in [9.17, 15) is 31.9 Å². The number of hydrogen-bond acceptors (Lipinski definition) is 4. The molecular formula is C31H31F4N5O3. The van der Waals surface area contributed by atoms with Crippen LogP contribution in [0.1, 0.15) is 54.4 Å². The van der Waals surface area contributed by atoms with E-state index in [0.29, 0.717) is 54.3 Å². The van der Waals surface area contributed by atoms with Gasteiger partial charge in [0.1, 0.15) is 12.4 Å². The van der Waals surface area contributed by atoms with Gasteiger partial charge in [-0.05, 0) is 60.4 Å². The summed E-state index contributed by atoms with van der Waals surface area (Å²) in [5, 5.41) is 8.30. The maximum absolute atomic E-state index is 14.1. The number of fused-ring (bicyclic) bond motifs is 4. The summed E-state index contributed by atoms with van der Waals surface area (Å²) in [5.74, 6) is -2.59. The predicted octanol–water partition coefficient (Wildman–Crippen LogP) is 4.97. The van der Waals surface area contributed by atoms with Gasteiger partial charge in [-0.15, -0.1) is 0 Å². The molecule has 0 bridgehead atoms. The fourth-order valence-electron chi connectivity index (χ4n) is 6.63. The minimum absolute atomic E-state index is 0.140. The lowest BCUT2D eigenvalue weighted by atomic mass is 9.88. The van der Waals surface area contributed by atoms with Gasteiger partial charge in [0.15, 0.2) is 0 Å². The number of alkyl halides is 3. The van der Waals surface area contributed by atoms with Crippen molar-refractivity contribution in [3.8, 4) is 0 Å². The number of aromatic amines is 2. The van der Waals surface area contributed by atoms with Gasteiger partial charge < -0.3 is 14.8 Å². The van der Waals surface area contributed by atoms with Crippen LogP contribution in [0.15, 0.2) is 41.3 Å². The zero-order valence-corrected chi connectivity index (χ0v) is 23.6. The van der Waals surface area contributed by atoms with Crippen molar-refractivity contribution in [2.75, 3.05) is 19.6 Å². The molecule has 0 spiro atoms. The van der Waals surface area contributed by atoms with Crippen LogP contribution in [0.4, 0.5) is 17.6 Å². The molecule has 2 N–H and O–H groups in total. The molecule has 1 saturated heterocycles. The molecule has 2 amide bonds. The zero-order valence-electron chi connectivity index (χ0n) is 23.6. The van der Waals surface area contributed by atoms with Gasteiger partial charge in [0.25, 0.3) is 5.56 Å². The number of para-hydroxylation sites is 1. The first kappa shape index (κ1) is 28.9. The molecule has 12 heteroatoms. The number of piperidine rings is 1. The van der Waals surface area contributed by atoms with E-state index in [1.807, 2.05) is 13.0 Å². The van der Waals surface area contributed by atoms with E-state index < -0.39 is 30.4 Å². The highest BCUT2D eigenvalue weighted by Gasteiger charge is 2.39. The van der Waals surface area contributed by atoms with Crippen molar-refractivity contribution in [1.29, 1.82) is 0 Å². The Hall–Kier alpha value is -4.22. The van der Waals surface area contributed by atoms with E-state index in [-0.39, 0.29) is 42.3 Å². The number of benzene rings is 2. The van der Waals surface area contributed by atoms with Crippen LogP contribution in [0, 0.1) is 11.7 Å². The summed E-state index contributed by atoms with van der Waals surface area (Å²) >= 11 is 0. The van der Waals surface area contributed by atoms with Gasteiger partial charge in [-0.25, -0.2) is 4.39 Å². The smallest absolute Gasteiger partial charge is 0.343 e. The first-order valence-corrected chi connectivity index (χ1v) is 14.4. The number of aryl methyl sites for hydroxylation is 1. The standard InChI is InChI=1S/C31H31F4N5O3/c1-2-17-10-20-11-21(30(43)40(16-31(33,34)35)15-24(20)23-14-36-38-27(17)23)13-26(41)39-8-6-18(7-9-39)22-12-19-4-3-5-25(32)28(19)37-29(22)42/h3-5,10,12,14,18,21H,2,6-9,11,13,15-16H2,1H3,(H,36,38)(H,37,42)/t21-/m0/s1. The molecule has 0 saturated carbocycles. The van der Waals surface area contributed by atoms with E-state index in [4.69, 9.17) is 0 Å². The number of likely N-dealkylation sites (tertiary alicyclic amines) is 1. The van der Waals surface area contributed by atoms with Crippen LogP contribution in [0.5, 0.6) is 0 Å². The second kappa shape index (κ2) is 11.1. The maximum Gasteiger partial charge on any atom is 0.406 e. The quantitative estimate of drug-likeness (QED) is 0.318. The van der Waals surface area contributed by atoms with Crippen LogP contribution in [-0.2, 0) is 29.0 Å². The van der Waals surface area contributed by atoms with E-state index >= 15 is 0 Å². The third kappa shape index (κ3) is 5.62. The maximum atomic E-state index is 14.1. The summed E-state index contributed by atoms with van der Waals surface area (Å²) in [6.45, 7) is 1.02. The monoisotopic (exact) mass is 597 g/mol. The normalized spacial score (nSPS) is 18.3. The molecule has 8 nitrogen and oxygen atoms in total. The van der Waals surface area contributed by atoms with E-state index in [0.717, 1.165) is 21.5 Å². The van der Waals surface area contributed by atoms with Gasteiger partial charge in [-0.2, -0.15) is 18.3 Å². The molecule has 226 valence electrons. The number of nitrogens with one attached hydrogen (secondary N) is 2. The lowest BCUT2D eigenvalue weighted by Crippen LogP contribution is -2.44. The number of halogens is 4. The predicted molar refractivity (Wildman–Crippen MR) is 152 cm³/mol. The summed E-state index contributed by atoms with van der Waals surface area (Å²) in [6, 6.07) is 8.18. The number of hydrogen-bond donors (Lipinski definition) is 2. The Bertz CT molecular complexity index is 1770. The highest BCUT2D eigenvalue weighted by Crippen LogP contribution is 2.35. The molecule has 2 aliphatic rings. The number of rotatable bonds is 5. The van der Waals surface area contributed by atoms with Crippen molar-refractivity contribution < 1.29 is 27.2 Å². The van der Waals surface area contributed by atoms with Gasteiger partial charge in [0, 0.05) is 42.4 Å². The number of amides is 2. The molecule has 2 aromatic carbocycles. The van der Waals surface area contributed by atoms with Crippen LogP contribution in [-0.4, -0.2) is 62.6 Å². The van der Waals surface area contributed by atoms with Crippen molar-refractivity contribution in [3.63, 3.8) is 0 Å². The van der Waals surface area contributed by atoms with Crippen LogP contribution in [0.3, 0.4) is 0 Å². The average molecular weight is 598 g/mol. The molecule has 0 aliphatic carbocycles. The number of H-pyrrole nitrogens is 2. The van der Waals surface area contributed by atoms with Gasteiger partial charge in [0.2, 0.25) is 11.8 Å². The highest BCUT2D eigenvalue weighted by molar-refractivity contribution is 5.90. The van der Waals surface area contributed by atoms with Crippen molar-refractivity contribution in [2.45, 2.75) is 57.7 Å². The molecule has 6 rings (SSSR count). The second-order valence-electron chi connectivity index (χ2n) is 11.5. The molecule has 4 heterocycles. The van der Waals surface area contributed by atoms with Crippen molar-refractivity contribution in [1.82, 2.24) is 25.0 Å². The van der Waals surface area contributed by atoms with Crippen LogP contribution >= 0.6 is 0 Å². The molecule has 0 radical (unpaired) electrons. The molecule has 2 aromatic heterocycles. The fourth-order valence-corrected chi connectivity index (χ4v) is 6.63. The van der Waals surface area contributed by atoms with E-state index in [2.05, 4.69) is 15.2 Å². The number of carbonyl (C=O) groups is 2. The van der Waals surface area contributed by atoms with Crippen molar-refractivity contribution in [3.05, 3.63) is 75.0 Å². The number of aromatic nitrogens is 3. The van der Waals surface area contributed by atoms with Crippen LogP contribution in [0.2, 0.25) is 0 Å². The SMILES string of the molecule is CCc1cc2c(c3cn[nH]c13)CN(CC(F)(F)F)C(=O)[C@H](CC(=O)N1CCC(c3cc4cccc(F)c4[nH]c3=O)CC1)C2. The molecule has 2 aliphatic heterocycles. The minimum atomic E-state index is -4.60. The molecule has 43 heavy (non-hydrogen) atoms. The minimum Gasteiger partial charge on any atom is -0.343 e. The average Bonchev–Trinajstić information content (AvgIpc) is 3.42. The molecular weight excluding hydrogens is 566 g/mol. The Morgan fingerprint density at radius 2 is 1.88 bits per heavy atom. The summed E-state index contributed by atoms with van der Waals surface area (Å²) in [7, 11) is 0. The third-order valence-electron chi connectivity index (χ3n) is 8.81. The van der Waals surface area contributed by atoms with Gasteiger partial charge in [-0.1, -0.05) is 25.1 Å². The highest BCUT2D eigenvalue weighted by atomic mass is 19.4. The fraction of sp³-hybridized carbons (Fsp3) is 0.419. The van der Waals surface area contributed by atoms with Gasteiger partial charge in [-0.3, -0.25) is 19.5 Å². The Morgan fingerprint density at radius 1 is 1.12 bits per heavy atom. The summed E-state index contributed by atoms with van der Waals surface area (Å²) in [5.41, 5.74) is 3.38.